The van der Waals surface area contributed by atoms with Crippen molar-refractivity contribution in [3.63, 3.8) is 0 Å². The summed E-state index contributed by atoms with van der Waals surface area (Å²) in [5, 5.41) is 3.00. The molecule has 2 fully saturated rings. The first-order valence-electron chi connectivity index (χ1n) is 10.4. The summed E-state index contributed by atoms with van der Waals surface area (Å²) in [6.07, 6.45) is 7.92. The van der Waals surface area contributed by atoms with Gasteiger partial charge in [0.15, 0.2) is 0 Å². The van der Waals surface area contributed by atoms with E-state index in [1.807, 2.05) is 30.5 Å². The number of ether oxygens (including phenoxy) is 1. The fraction of sp³-hybridized carbons (Fsp3) is 0.478. The normalized spacial score (nSPS) is 17.8. The largest absolute Gasteiger partial charge is 0.490 e. The van der Waals surface area contributed by atoms with Crippen LogP contribution >= 0.6 is 0 Å². The van der Waals surface area contributed by atoms with Crippen LogP contribution in [-0.4, -0.2) is 30.1 Å². The Bertz CT molecular complexity index is 794. The van der Waals surface area contributed by atoms with Gasteiger partial charge in [-0.05, 0) is 61.8 Å². The molecule has 1 saturated carbocycles. The smallest absolute Gasteiger partial charge is 0.255 e. The summed E-state index contributed by atoms with van der Waals surface area (Å²) >= 11 is 0. The van der Waals surface area contributed by atoms with E-state index in [9.17, 15) is 4.79 Å². The fourth-order valence-corrected chi connectivity index (χ4v) is 3.65. The number of carbonyl (C=O) groups excluding carboxylic acids is 1. The van der Waals surface area contributed by atoms with Crippen LogP contribution in [-0.2, 0) is 6.54 Å². The molecule has 1 saturated heterocycles. The number of carbonyl (C=O) groups is 1. The van der Waals surface area contributed by atoms with Gasteiger partial charge in [0.05, 0.1) is 11.7 Å². The van der Waals surface area contributed by atoms with Crippen LogP contribution in [0.25, 0.3) is 0 Å². The maximum atomic E-state index is 12.7. The SMILES string of the molecule is CC1CCN(c2ccc(CNC(=O)c3ccccc3OC3CCC3)cn2)CC1. The second kappa shape index (κ2) is 8.63. The molecule has 148 valence electrons. The zero-order valence-electron chi connectivity index (χ0n) is 16.6. The second-order valence-electron chi connectivity index (χ2n) is 8.04. The predicted octanol–water partition coefficient (Wildman–Crippen LogP) is 4.18. The van der Waals surface area contributed by atoms with E-state index in [2.05, 4.69) is 34.3 Å². The Morgan fingerprint density at radius 2 is 1.93 bits per heavy atom. The molecular weight excluding hydrogens is 350 g/mol. The van der Waals surface area contributed by atoms with Gasteiger partial charge in [-0.25, -0.2) is 4.98 Å². The van der Waals surface area contributed by atoms with Crippen molar-refractivity contribution in [2.24, 2.45) is 5.92 Å². The number of rotatable bonds is 6. The number of pyridine rings is 1. The number of anilines is 1. The highest BCUT2D eigenvalue weighted by Crippen LogP contribution is 2.27. The molecule has 5 heteroatoms. The van der Waals surface area contributed by atoms with Crippen LogP contribution in [0, 0.1) is 5.92 Å². The molecule has 1 aliphatic heterocycles. The fourth-order valence-electron chi connectivity index (χ4n) is 3.65. The lowest BCUT2D eigenvalue weighted by Gasteiger charge is -2.31. The van der Waals surface area contributed by atoms with Crippen LogP contribution in [0.15, 0.2) is 42.6 Å². The predicted molar refractivity (Wildman–Crippen MR) is 111 cm³/mol. The van der Waals surface area contributed by atoms with Crippen molar-refractivity contribution >= 4 is 11.7 Å². The van der Waals surface area contributed by atoms with E-state index in [0.29, 0.717) is 17.9 Å². The van der Waals surface area contributed by atoms with Gasteiger partial charge in [0.2, 0.25) is 0 Å². The van der Waals surface area contributed by atoms with Gasteiger partial charge in [-0.3, -0.25) is 4.79 Å². The molecule has 2 heterocycles. The minimum Gasteiger partial charge on any atom is -0.490 e. The third kappa shape index (κ3) is 4.46. The Labute approximate surface area is 167 Å². The highest BCUT2D eigenvalue weighted by atomic mass is 16.5. The molecule has 2 aliphatic rings. The van der Waals surface area contributed by atoms with E-state index in [0.717, 1.165) is 43.2 Å². The molecule has 2 aromatic rings. The lowest BCUT2D eigenvalue weighted by Crippen LogP contribution is -2.33. The Balaban J connectivity index is 1.33. The van der Waals surface area contributed by atoms with Crippen molar-refractivity contribution in [3.05, 3.63) is 53.7 Å². The third-order valence-corrected chi connectivity index (χ3v) is 5.85. The third-order valence-electron chi connectivity index (χ3n) is 5.85. The summed E-state index contributed by atoms with van der Waals surface area (Å²) in [5.74, 6) is 2.41. The van der Waals surface area contributed by atoms with Gasteiger partial charge in [-0.15, -0.1) is 0 Å². The molecule has 1 aromatic carbocycles. The molecule has 0 atom stereocenters. The van der Waals surface area contributed by atoms with E-state index >= 15 is 0 Å². The monoisotopic (exact) mass is 379 g/mol. The minimum atomic E-state index is -0.107. The first-order valence-corrected chi connectivity index (χ1v) is 10.4. The highest BCUT2D eigenvalue weighted by Gasteiger charge is 2.22. The lowest BCUT2D eigenvalue weighted by molar-refractivity contribution is 0.0925. The van der Waals surface area contributed by atoms with Crippen LogP contribution in [0.1, 0.15) is 54.9 Å². The molecule has 28 heavy (non-hydrogen) atoms. The van der Waals surface area contributed by atoms with Crippen molar-refractivity contribution in [1.82, 2.24) is 10.3 Å². The summed E-state index contributed by atoms with van der Waals surface area (Å²) in [5.41, 5.74) is 1.60. The molecule has 1 aromatic heterocycles. The first kappa shape index (κ1) is 18.8. The number of nitrogens with one attached hydrogen (secondary N) is 1. The zero-order valence-corrected chi connectivity index (χ0v) is 16.6. The van der Waals surface area contributed by atoms with Gasteiger partial charge in [0.1, 0.15) is 11.6 Å². The maximum Gasteiger partial charge on any atom is 0.255 e. The number of para-hydroxylation sites is 1. The van der Waals surface area contributed by atoms with Gasteiger partial charge in [-0.2, -0.15) is 0 Å². The molecule has 0 unspecified atom stereocenters. The molecule has 0 bridgehead atoms. The molecule has 5 nitrogen and oxygen atoms in total. The van der Waals surface area contributed by atoms with Gasteiger partial charge in [0, 0.05) is 25.8 Å². The number of amides is 1. The number of piperidine rings is 1. The molecule has 4 rings (SSSR count). The van der Waals surface area contributed by atoms with Crippen molar-refractivity contribution in [2.75, 3.05) is 18.0 Å². The summed E-state index contributed by atoms with van der Waals surface area (Å²) in [6.45, 7) is 4.91. The van der Waals surface area contributed by atoms with E-state index in [1.165, 1.54) is 19.3 Å². The van der Waals surface area contributed by atoms with E-state index < -0.39 is 0 Å². The standard InChI is InChI=1S/C23H29N3O2/c1-17-11-13-26(14-12-17)22-10-9-18(15-24-22)16-25-23(27)20-7-2-3-8-21(20)28-19-5-4-6-19/h2-3,7-10,15,17,19H,4-6,11-14,16H2,1H3,(H,25,27). The zero-order chi connectivity index (χ0) is 19.3. The summed E-state index contributed by atoms with van der Waals surface area (Å²) in [6, 6.07) is 11.6. The average Bonchev–Trinajstić information content (AvgIpc) is 2.70. The number of aromatic nitrogens is 1. The molecule has 1 N–H and O–H groups in total. The van der Waals surface area contributed by atoms with Crippen LogP contribution in [0.3, 0.4) is 0 Å². The molecule has 1 aliphatic carbocycles. The Hall–Kier alpha value is -2.56. The van der Waals surface area contributed by atoms with Gasteiger partial charge < -0.3 is 15.0 Å². The van der Waals surface area contributed by atoms with Gasteiger partial charge in [-0.1, -0.05) is 25.1 Å². The quantitative estimate of drug-likeness (QED) is 0.818. The second-order valence-corrected chi connectivity index (χ2v) is 8.04. The van der Waals surface area contributed by atoms with Crippen LogP contribution in [0.4, 0.5) is 5.82 Å². The van der Waals surface area contributed by atoms with E-state index in [-0.39, 0.29) is 12.0 Å². The van der Waals surface area contributed by atoms with Crippen LogP contribution < -0.4 is 15.0 Å². The van der Waals surface area contributed by atoms with Crippen molar-refractivity contribution in [3.8, 4) is 5.75 Å². The Morgan fingerprint density at radius 3 is 2.61 bits per heavy atom. The topological polar surface area (TPSA) is 54.5 Å². The van der Waals surface area contributed by atoms with Crippen molar-refractivity contribution < 1.29 is 9.53 Å². The lowest BCUT2D eigenvalue weighted by atomic mass is 9.96. The maximum absolute atomic E-state index is 12.7. The molecule has 1 amide bonds. The Kier molecular flexibility index (Phi) is 5.79. The summed E-state index contributed by atoms with van der Waals surface area (Å²) < 4.78 is 5.97. The van der Waals surface area contributed by atoms with E-state index in [4.69, 9.17) is 4.74 Å². The number of hydrogen-bond acceptors (Lipinski definition) is 4. The van der Waals surface area contributed by atoms with E-state index in [1.54, 1.807) is 0 Å². The minimum absolute atomic E-state index is 0.107. The summed E-state index contributed by atoms with van der Waals surface area (Å²) in [4.78, 5) is 19.6. The molecule has 0 radical (unpaired) electrons. The van der Waals surface area contributed by atoms with Crippen molar-refractivity contribution in [2.45, 2.75) is 51.7 Å². The van der Waals surface area contributed by atoms with Crippen LogP contribution in [0.2, 0.25) is 0 Å². The number of benzene rings is 1. The van der Waals surface area contributed by atoms with Gasteiger partial charge in [0.25, 0.3) is 5.91 Å². The molecule has 0 spiro atoms. The summed E-state index contributed by atoms with van der Waals surface area (Å²) in [7, 11) is 0. The molecular formula is C23H29N3O2. The van der Waals surface area contributed by atoms with Crippen molar-refractivity contribution in [1.29, 1.82) is 0 Å². The van der Waals surface area contributed by atoms with Gasteiger partial charge >= 0.3 is 0 Å². The number of nitrogens with zero attached hydrogens (tertiary/aromatic N) is 2. The Morgan fingerprint density at radius 1 is 1.14 bits per heavy atom. The average molecular weight is 380 g/mol. The number of hydrogen-bond donors (Lipinski definition) is 1. The first-order chi connectivity index (χ1) is 13.7. The highest BCUT2D eigenvalue weighted by molar-refractivity contribution is 5.96. The van der Waals surface area contributed by atoms with Crippen LogP contribution in [0.5, 0.6) is 5.75 Å².